The van der Waals surface area contributed by atoms with Gasteiger partial charge in [0, 0.05) is 30.2 Å². The van der Waals surface area contributed by atoms with Crippen molar-refractivity contribution in [2.45, 2.75) is 26.8 Å². The number of ether oxygens (including phenoxy) is 1. The van der Waals surface area contributed by atoms with E-state index in [0.29, 0.717) is 0 Å². The quantitative estimate of drug-likeness (QED) is 0.694. The van der Waals surface area contributed by atoms with Crippen molar-refractivity contribution >= 4 is 10.9 Å². The largest absolute Gasteiger partial charge is 0.494 e. The van der Waals surface area contributed by atoms with Crippen molar-refractivity contribution in [3.63, 3.8) is 0 Å². The van der Waals surface area contributed by atoms with E-state index < -0.39 is 0 Å². The Kier molecular flexibility index (Phi) is 4.81. The van der Waals surface area contributed by atoms with Gasteiger partial charge in [0.2, 0.25) is 0 Å². The Morgan fingerprint density at radius 3 is 2.75 bits per heavy atom. The van der Waals surface area contributed by atoms with Crippen LogP contribution >= 0.6 is 0 Å². The van der Waals surface area contributed by atoms with Crippen LogP contribution in [-0.4, -0.2) is 35.7 Å². The lowest BCUT2D eigenvalue weighted by atomic mass is 10.1. The summed E-state index contributed by atoms with van der Waals surface area (Å²) in [5.74, 6) is 1.73. The molecule has 3 rings (SSSR count). The van der Waals surface area contributed by atoms with E-state index in [4.69, 9.17) is 9.26 Å². The lowest BCUT2D eigenvalue weighted by Gasteiger charge is -2.18. The SMILES string of the molecule is COc1ccc(CN(C)CCc2c(C)noc2C)c2cccnc12. The van der Waals surface area contributed by atoms with Crippen molar-refractivity contribution in [2.24, 2.45) is 0 Å². The van der Waals surface area contributed by atoms with Crippen molar-refractivity contribution in [2.75, 3.05) is 20.7 Å². The van der Waals surface area contributed by atoms with Gasteiger partial charge in [0.25, 0.3) is 0 Å². The van der Waals surface area contributed by atoms with Crippen molar-refractivity contribution in [1.82, 2.24) is 15.0 Å². The molecule has 5 heteroatoms. The molecule has 0 N–H and O–H groups in total. The highest BCUT2D eigenvalue weighted by Crippen LogP contribution is 2.27. The molecule has 3 aromatic rings. The van der Waals surface area contributed by atoms with Crippen LogP contribution in [0.4, 0.5) is 0 Å². The first kappa shape index (κ1) is 16.5. The van der Waals surface area contributed by atoms with Gasteiger partial charge < -0.3 is 14.2 Å². The molecule has 1 aromatic carbocycles. The topological polar surface area (TPSA) is 51.4 Å². The van der Waals surface area contributed by atoms with Gasteiger partial charge in [-0.15, -0.1) is 0 Å². The summed E-state index contributed by atoms with van der Waals surface area (Å²) in [6.45, 7) is 5.76. The summed E-state index contributed by atoms with van der Waals surface area (Å²) in [7, 11) is 3.81. The number of aryl methyl sites for hydroxylation is 2. The monoisotopic (exact) mass is 325 g/mol. The van der Waals surface area contributed by atoms with E-state index in [1.165, 1.54) is 11.1 Å². The number of likely N-dealkylation sites (N-methyl/N-ethyl adjacent to an activating group) is 1. The Bertz CT molecular complexity index is 822. The van der Waals surface area contributed by atoms with Gasteiger partial charge in [0.15, 0.2) is 0 Å². The molecule has 5 nitrogen and oxygen atoms in total. The molecule has 0 saturated heterocycles. The highest BCUT2D eigenvalue weighted by atomic mass is 16.5. The fourth-order valence-corrected chi connectivity index (χ4v) is 3.04. The van der Waals surface area contributed by atoms with Gasteiger partial charge in [-0.05, 0) is 45.0 Å². The minimum absolute atomic E-state index is 0.813. The van der Waals surface area contributed by atoms with E-state index in [1.807, 2.05) is 26.0 Å². The van der Waals surface area contributed by atoms with Crippen LogP contribution in [0.3, 0.4) is 0 Å². The Balaban J connectivity index is 1.75. The zero-order valence-electron chi connectivity index (χ0n) is 14.7. The highest BCUT2D eigenvalue weighted by molar-refractivity contribution is 5.87. The van der Waals surface area contributed by atoms with Gasteiger partial charge in [-0.1, -0.05) is 17.3 Å². The molecule has 0 spiro atoms. The summed E-state index contributed by atoms with van der Waals surface area (Å²) in [5, 5.41) is 5.16. The third-order valence-corrected chi connectivity index (χ3v) is 4.41. The summed E-state index contributed by atoms with van der Waals surface area (Å²) < 4.78 is 10.7. The molecule has 126 valence electrons. The Labute approximate surface area is 142 Å². The maximum Gasteiger partial charge on any atom is 0.145 e. The van der Waals surface area contributed by atoms with Gasteiger partial charge in [0.1, 0.15) is 17.0 Å². The second-order valence-corrected chi connectivity index (χ2v) is 6.12. The normalized spacial score (nSPS) is 11.4. The molecular weight excluding hydrogens is 302 g/mol. The Morgan fingerprint density at radius 2 is 2.04 bits per heavy atom. The van der Waals surface area contributed by atoms with Crippen LogP contribution < -0.4 is 4.74 Å². The number of benzene rings is 1. The predicted molar refractivity (Wildman–Crippen MR) is 94.3 cm³/mol. The van der Waals surface area contributed by atoms with Crippen molar-refractivity contribution in [1.29, 1.82) is 0 Å². The predicted octanol–water partition coefficient (Wildman–Crippen LogP) is 3.52. The van der Waals surface area contributed by atoms with Crippen molar-refractivity contribution < 1.29 is 9.26 Å². The maximum atomic E-state index is 5.42. The zero-order chi connectivity index (χ0) is 17.1. The second kappa shape index (κ2) is 7.01. The molecule has 2 aromatic heterocycles. The minimum Gasteiger partial charge on any atom is -0.494 e. The van der Waals surface area contributed by atoms with E-state index in [1.54, 1.807) is 13.3 Å². The van der Waals surface area contributed by atoms with Crippen molar-refractivity contribution in [3.05, 3.63) is 53.0 Å². The van der Waals surface area contributed by atoms with Crippen molar-refractivity contribution in [3.8, 4) is 5.75 Å². The number of hydrogen-bond donors (Lipinski definition) is 0. The van der Waals surface area contributed by atoms with E-state index in [9.17, 15) is 0 Å². The number of nitrogens with zero attached hydrogens (tertiary/aromatic N) is 3. The molecule has 24 heavy (non-hydrogen) atoms. The van der Waals surface area contributed by atoms with E-state index in [0.717, 1.165) is 47.6 Å². The molecule has 0 amide bonds. The summed E-state index contributed by atoms with van der Waals surface area (Å²) in [4.78, 5) is 6.77. The van der Waals surface area contributed by atoms with Crippen LogP contribution in [0.15, 0.2) is 35.0 Å². The van der Waals surface area contributed by atoms with Crippen LogP contribution in [0.25, 0.3) is 10.9 Å². The first-order chi connectivity index (χ1) is 11.6. The summed E-state index contributed by atoms with van der Waals surface area (Å²) in [6.07, 6.45) is 2.74. The molecular formula is C19H23N3O2. The van der Waals surface area contributed by atoms with Crippen LogP contribution in [0.5, 0.6) is 5.75 Å². The van der Waals surface area contributed by atoms with Crippen LogP contribution in [0.2, 0.25) is 0 Å². The lowest BCUT2D eigenvalue weighted by molar-refractivity contribution is 0.331. The molecule has 2 heterocycles. The molecule has 0 atom stereocenters. The fourth-order valence-electron chi connectivity index (χ4n) is 3.04. The number of pyridine rings is 1. The number of rotatable bonds is 6. The molecule has 0 bridgehead atoms. The number of hydrogen-bond acceptors (Lipinski definition) is 5. The van der Waals surface area contributed by atoms with Crippen LogP contribution in [-0.2, 0) is 13.0 Å². The molecule has 0 saturated carbocycles. The van der Waals surface area contributed by atoms with E-state index in [-0.39, 0.29) is 0 Å². The number of aromatic nitrogens is 2. The average Bonchev–Trinajstić information content (AvgIpc) is 2.91. The molecule has 0 radical (unpaired) electrons. The first-order valence-electron chi connectivity index (χ1n) is 8.11. The molecule has 0 aliphatic heterocycles. The van der Waals surface area contributed by atoms with Gasteiger partial charge in [0.05, 0.1) is 12.8 Å². The Morgan fingerprint density at radius 1 is 1.21 bits per heavy atom. The van der Waals surface area contributed by atoms with Crippen LogP contribution in [0, 0.1) is 13.8 Å². The number of methoxy groups -OCH3 is 1. The molecule has 0 aliphatic rings. The molecule has 0 unspecified atom stereocenters. The van der Waals surface area contributed by atoms with Crippen LogP contribution in [0.1, 0.15) is 22.6 Å². The number of fused-ring (bicyclic) bond motifs is 1. The van der Waals surface area contributed by atoms with Gasteiger partial charge in [-0.25, -0.2) is 0 Å². The van der Waals surface area contributed by atoms with Gasteiger partial charge in [-0.2, -0.15) is 0 Å². The first-order valence-corrected chi connectivity index (χ1v) is 8.11. The van der Waals surface area contributed by atoms with Gasteiger partial charge >= 0.3 is 0 Å². The van der Waals surface area contributed by atoms with E-state index in [2.05, 4.69) is 34.2 Å². The zero-order valence-corrected chi connectivity index (χ0v) is 14.7. The van der Waals surface area contributed by atoms with Gasteiger partial charge in [-0.3, -0.25) is 4.98 Å². The summed E-state index contributed by atoms with van der Waals surface area (Å²) in [6, 6.07) is 8.18. The lowest BCUT2D eigenvalue weighted by Crippen LogP contribution is -2.21. The highest BCUT2D eigenvalue weighted by Gasteiger charge is 2.12. The maximum absolute atomic E-state index is 5.42. The Hall–Kier alpha value is -2.40. The second-order valence-electron chi connectivity index (χ2n) is 6.12. The smallest absolute Gasteiger partial charge is 0.145 e. The molecule has 0 fully saturated rings. The summed E-state index contributed by atoms with van der Waals surface area (Å²) >= 11 is 0. The molecule has 0 aliphatic carbocycles. The van der Waals surface area contributed by atoms with E-state index >= 15 is 0 Å². The third-order valence-electron chi connectivity index (χ3n) is 4.41. The standard InChI is InChI=1S/C19H23N3O2/c1-13-16(14(2)24-21-13)9-11-22(3)12-15-7-8-18(23-4)19-17(15)6-5-10-20-19/h5-8,10H,9,11-12H2,1-4H3. The minimum atomic E-state index is 0.813. The summed E-state index contributed by atoms with van der Waals surface area (Å²) in [5.41, 5.74) is 4.36. The fraction of sp³-hybridized carbons (Fsp3) is 0.368. The third kappa shape index (κ3) is 3.26. The average molecular weight is 325 g/mol.